The van der Waals surface area contributed by atoms with Crippen molar-refractivity contribution in [3.05, 3.63) is 58.5 Å². The SMILES string of the molecule is CC.O=C(Cn1cc(Nc2nccc(NCc3c(Cl)cccc3Cl)n2)cn1)NCCO.S. The van der Waals surface area contributed by atoms with Crippen LogP contribution in [-0.2, 0) is 17.9 Å². The number of nitrogens with zero attached hydrogens (tertiary/aromatic N) is 4. The van der Waals surface area contributed by atoms with E-state index in [2.05, 4.69) is 31.0 Å². The Balaban J connectivity index is 0.00000166. The van der Waals surface area contributed by atoms with E-state index in [1.54, 1.807) is 42.9 Å². The molecule has 0 aliphatic carbocycles. The summed E-state index contributed by atoms with van der Waals surface area (Å²) in [6.45, 7) is 4.55. The van der Waals surface area contributed by atoms with Crippen molar-refractivity contribution in [2.75, 3.05) is 23.8 Å². The van der Waals surface area contributed by atoms with Crippen molar-refractivity contribution in [1.82, 2.24) is 25.1 Å². The molecule has 0 atom stereocenters. The quantitative estimate of drug-likeness (QED) is 0.355. The minimum atomic E-state index is -0.241. The number of carbonyl (C=O) groups is 1. The van der Waals surface area contributed by atoms with E-state index in [1.165, 1.54) is 4.68 Å². The first-order chi connectivity index (χ1) is 15.0. The van der Waals surface area contributed by atoms with Gasteiger partial charge in [-0.05, 0) is 18.2 Å². The molecule has 3 aromatic rings. The molecule has 2 heterocycles. The van der Waals surface area contributed by atoms with Gasteiger partial charge in [0, 0.05) is 41.1 Å². The number of hydrogen-bond donors (Lipinski definition) is 4. The molecule has 0 saturated heterocycles. The average Bonchev–Trinajstić information content (AvgIpc) is 3.20. The second kappa shape index (κ2) is 14.5. The van der Waals surface area contributed by atoms with Gasteiger partial charge in [-0.15, -0.1) is 0 Å². The number of halogens is 2. The smallest absolute Gasteiger partial charge is 0.241 e. The Morgan fingerprint density at radius 3 is 2.59 bits per heavy atom. The van der Waals surface area contributed by atoms with Crippen LogP contribution in [0.15, 0.2) is 42.9 Å². The van der Waals surface area contributed by atoms with Gasteiger partial charge in [0.1, 0.15) is 12.4 Å². The average molecular weight is 500 g/mol. The molecule has 0 aliphatic heterocycles. The third-order valence-electron chi connectivity index (χ3n) is 3.79. The summed E-state index contributed by atoms with van der Waals surface area (Å²) >= 11 is 12.4. The van der Waals surface area contributed by atoms with Gasteiger partial charge < -0.3 is 21.1 Å². The Hall–Kier alpha value is -2.53. The summed E-state index contributed by atoms with van der Waals surface area (Å²) in [6, 6.07) is 7.07. The molecule has 12 heteroatoms. The van der Waals surface area contributed by atoms with Gasteiger partial charge in [0.25, 0.3) is 0 Å². The Bertz CT molecular complexity index is 968. The van der Waals surface area contributed by atoms with Crippen LogP contribution >= 0.6 is 36.7 Å². The van der Waals surface area contributed by atoms with Gasteiger partial charge in [-0.2, -0.15) is 23.6 Å². The first kappa shape index (κ1) is 27.5. The van der Waals surface area contributed by atoms with Crippen molar-refractivity contribution in [3.8, 4) is 0 Å². The molecule has 174 valence electrons. The normalized spacial score (nSPS) is 9.78. The van der Waals surface area contributed by atoms with Crippen LogP contribution in [0.3, 0.4) is 0 Å². The van der Waals surface area contributed by atoms with Crippen molar-refractivity contribution in [2.45, 2.75) is 26.9 Å². The standard InChI is InChI=1S/C18H19Cl2N7O2.C2H6.H2S/c19-14-2-1-3-15(20)13(14)9-23-16-4-5-22-18(26-16)25-12-8-24-27(10-12)11-17(29)21-6-7-28;1-2;/h1-5,8,10,28H,6-7,9,11H2,(H,21,29)(H2,22,23,25,26);1-2H3;1H2. The highest BCUT2D eigenvalue weighted by atomic mass is 35.5. The highest BCUT2D eigenvalue weighted by Gasteiger charge is 2.08. The molecule has 1 aromatic carbocycles. The molecule has 0 radical (unpaired) electrons. The predicted molar refractivity (Wildman–Crippen MR) is 133 cm³/mol. The van der Waals surface area contributed by atoms with E-state index in [0.29, 0.717) is 34.0 Å². The van der Waals surface area contributed by atoms with Gasteiger partial charge in [-0.1, -0.05) is 43.1 Å². The van der Waals surface area contributed by atoms with E-state index in [9.17, 15) is 4.79 Å². The summed E-state index contributed by atoms with van der Waals surface area (Å²) in [4.78, 5) is 20.2. The number of carbonyl (C=O) groups excluding carboxylic acids is 1. The van der Waals surface area contributed by atoms with Crippen LogP contribution < -0.4 is 16.0 Å². The van der Waals surface area contributed by atoms with Crippen LogP contribution in [0, 0.1) is 0 Å². The molecule has 0 unspecified atom stereocenters. The van der Waals surface area contributed by atoms with Crippen molar-refractivity contribution in [1.29, 1.82) is 0 Å². The number of anilines is 3. The van der Waals surface area contributed by atoms with Crippen molar-refractivity contribution in [3.63, 3.8) is 0 Å². The maximum absolute atomic E-state index is 11.7. The van der Waals surface area contributed by atoms with E-state index in [-0.39, 0.29) is 39.1 Å². The molecule has 2 aromatic heterocycles. The molecule has 0 aliphatic rings. The second-order valence-corrected chi connectivity index (χ2v) is 6.76. The number of aliphatic hydroxyl groups excluding tert-OH is 1. The van der Waals surface area contributed by atoms with Crippen LogP contribution in [-0.4, -0.2) is 43.9 Å². The number of aromatic nitrogens is 4. The lowest BCUT2D eigenvalue weighted by molar-refractivity contribution is -0.122. The summed E-state index contributed by atoms with van der Waals surface area (Å²) in [7, 11) is 0. The lowest BCUT2D eigenvalue weighted by Gasteiger charge is -2.10. The van der Waals surface area contributed by atoms with Crippen molar-refractivity contribution >= 4 is 60.1 Å². The topological polar surface area (TPSA) is 117 Å². The zero-order valence-corrected chi connectivity index (χ0v) is 20.3. The summed E-state index contributed by atoms with van der Waals surface area (Å²) in [5.74, 6) is 0.716. The third-order valence-corrected chi connectivity index (χ3v) is 4.50. The van der Waals surface area contributed by atoms with Crippen LogP contribution in [0.5, 0.6) is 0 Å². The lowest BCUT2D eigenvalue weighted by atomic mass is 10.2. The van der Waals surface area contributed by atoms with E-state index in [4.69, 9.17) is 28.3 Å². The number of aliphatic hydroxyl groups is 1. The third kappa shape index (κ3) is 8.54. The Morgan fingerprint density at radius 2 is 1.91 bits per heavy atom. The van der Waals surface area contributed by atoms with E-state index in [1.807, 2.05) is 13.8 Å². The Morgan fingerprint density at radius 1 is 1.19 bits per heavy atom. The van der Waals surface area contributed by atoms with Gasteiger partial charge in [0.2, 0.25) is 11.9 Å². The molecule has 0 fully saturated rings. The number of hydrogen-bond acceptors (Lipinski definition) is 7. The molecule has 3 rings (SSSR count). The van der Waals surface area contributed by atoms with E-state index < -0.39 is 0 Å². The molecule has 1 amide bonds. The molecule has 0 saturated carbocycles. The van der Waals surface area contributed by atoms with Crippen LogP contribution in [0.2, 0.25) is 10.0 Å². The highest BCUT2D eigenvalue weighted by molar-refractivity contribution is 7.59. The van der Waals surface area contributed by atoms with E-state index >= 15 is 0 Å². The minimum absolute atomic E-state index is 0. The van der Waals surface area contributed by atoms with Gasteiger partial charge in [-0.25, -0.2) is 4.98 Å². The largest absolute Gasteiger partial charge is 0.395 e. The Kier molecular flexibility index (Phi) is 12.5. The number of nitrogens with one attached hydrogen (secondary N) is 3. The first-order valence-corrected chi connectivity index (χ1v) is 10.5. The zero-order valence-electron chi connectivity index (χ0n) is 17.8. The van der Waals surface area contributed by atoms with Gasteiger partial charge in [0.05, 0.1) is 18.5 Å². The Labute approximate surface area is 204 Å². The van der Waals surface area contributed by atoms with Crippen LogP contribution in [0.25, 0.3) is 0 Å². The summed E-state index contributed by atoms with van der Waals surface area (Å²) in [6.07, 6.45) is 4.83. The number of benzene rings is 1. The minimum Gasteiger partial charge on any atom is -0.395 e. The molecule has 0 spiro atoms. The predicted octanol–water partition coefficient (Wildman–Crippen LogP) is 3.58. The zero-order chi connectivity index (χ0) is 22.6. The molecule has 0 bridgehead atoms. The monoisotopic (exact) mass is 499 g/mol. The van der Waals surface area contributed by atoms with E-state index in [0.717, 1.165) is 5.56 Å². The first-order valence-electron chi connectivity index (χ1n) is 9.72. The van der Waals surface area contributed by atoms with Crippen molar-refractivity contribution in [2.24, 2.45) is 0 Å². The summed E-state index contributed by atoms with van der Waals surface area (Å²) in [5, 5.41) is 22.7. The fraction of sp³-hybridized carbons (Fsp3) is 0.300. The number of rotatable bonds is 9. The molecule has 4 N–H and O–H groups in total. The summed E-state index contributed by atoms with van der Waals surface area (Å²) < 4.78 is 1.47. The number of amides is 1. The van der Waals surface area contributed by atoms with Crippen LogP contribution in [0.4, 0.5) is 17.5 Å². The molecular weight excluding hydrogens is 473 g/mol. The van der Waals surface area contributed by atoms with Crippen LogP contribution in [0.1, 0.15) is 19.4 Å². The maximum Gasteiger partial charge on any atom is 0.241 e. The van der Waals surface area contributed by atoms with Crippen molar-refractivity contribution < 1.29 is 9.90 Å². The lowest BCUT2D eigenvalue weighted by Crippen LogP contribution is -2.30. The van der Waals surface area contributed by atoms with Gasteiger partial charge >= 0.3 is 0 Å². The van der Waals surface area contributed by atoms with Gasteiger partial charge in [-0.3, -0.25) is 9.48 Å². The molecule has 32 heavy (non-hydrogen) atoms. The summed E-state index contributed by atoms with van der Waals surface area (Å²) in [5.41, 5.74) is 1.41. The maximum atomic E-state index is 11.7. The second-order valence-electron chi connectivity index (χ2n) is 5.94. The molecular formula is C20H27Cl2N7O2S. The fourth-order valence-electron chi connectivity index (χ4n) is 2.44. The van der Waals surface area contributed by atoms with Gasteiger partial charge in [0.15, 0.2) is 0 Å². The fourth-order valence-corrected chi connectivity index (χ4v) is 2.97. The highest BCUT2D eigenvalue weighted by Crippen LogP contribution is 2.25. The molecule has 9 nitrogen and oxygen atoms in total.